The predicted octanol–water partition coefficient (Wildman–Crippen LogP) is 0.583. The number of carbonyl (C=O) groups is 2. The molecule has 8 nitrogen and oxygen atoms in total. The number of nitrogens with two attached hydrogens (primary N) is 1. The number of anilines is 1. The summed E-state index contributed by atoms with van der Waals surface area (Å²) in [5.74, 6) is 0.201. The van der Waals surface area contributed by atoms with Crippen LogP contribution in [-0.4, -0.2) is 40.9 Å². The van der Waals surface area contributed by atoms with Gasteiger partial charge in [-0.05, 0) is 19.4 Å². The van der Waals surface area contributed by atoms with E-state index in [-0.39, 0.29) is 5.91 Å². The van der Waals surface area contributed by atoms with Crippen molar-refractivity contribution in [2.45, 2.75) is 44.7 Å². The average Bonchev–Trinajstić information content (AvgIpc) is 3.13. The van der Waals surface area contributed by atoms with Crippen molar-refractivity contribution in [2.75, 3.05) is 18.4 Å². The van der Waals surface area contributed by atoms with Gasteiger partial charge in [0.25, 0.3) is 0 Å². The molecule has 0 saturated carbocycles. The van der Waals surface area contributed by atoms with Crippen LogP contribution >= 0.6 is 0 Å². The highest BCUT2D eigenvalue weighted by Crippen LogP contribution is 2.16. The Labute approximate surface area is 129 Å². The summed E-state index contributed by atoms with van der Waals surface area (Å²) in [5, 5.41) is 12.9. The highest BCUT2D eigenvalue weighted by atomic mass is 16.2. The van der Waals surface area contributed by atoms with Gasteiger partial charge in [0.15, 0.2) is 5.82 Å². The molecule has 122 valence electrons. The predicted molar refractivity (Wildman–Crippen MR) is 83.4 cm³/mol. The molecule has 1 aromatic rings. The number of hydrogen-bond donors (Lipinski definition) is 4. The highest BCUT2D eigenvalue weighted by Gasteiger charge is 2.21. The Hall–Kier alpha value is -2.09. The second-order valence-corrected chi connectivity index (χ2v) is 5.52. The van der Waals surface area contributed by atoms with Crippen LogP contribution in [0.15, 0.2) is 12.3 Å². The molecule has 2 heterocycles. The van der Waals surface area contributed by atoms with Crippen LogP contribution in [0.5, 0.6) is 0 Å². The van der Waals surface area contributed by atoms with Gasteiger partial charge in [-0.25, -0.2) is 4.79 Å². The van der Waals surface area contributed by atoms with E-state index in [1.165, 1.54) is 0 Å². The Morgan fingerprint density at radius 1 is 1.59 bits per heavy atom. The molecule has 8 heteroatoms. The first-order chi connectivity index (χ1) is 10.6. The zero-order valence-electron chi connectivity index (χ0n) is 12.8. The first-order valence-electron chi connectivity index (χ1n) is 7.73. The van der Waals surface area contributed by atoms with Crippen molar-refractivity contribution in [1.82, 2.24) is 20.4 Å². The van der Waals surface area contributed by atoms with Crippen LogP contribution in [0.25, 0.3) is 0 Å². The van der Waals surface area contributed by atoms with Crippen LogP contribution < -0.4 is 21.7 Å². The Balaban J connectivity index is 1.94. The van der Waals surface area contributed by atoms with E-state index in [1.807, 2.05) is 17.8 Å². The molecule has 5 N–H and O–H groups in total. The number of rotatable bonds is 7. The molecule has 1 aliphatic rings. The third kappa shape index (κ3) is 4.45. The molecule has 2 atom stereocenters. The third-order valence-corrected chi connectivity index (χ3v) is 3.75. The summed E-state index contributed by atoms with van der Waals surface area (Å²) in [4.78, 5) is 23.3. The van der Waals surface area contributed by atoms with Gasteiger partial charge in [0, 0.05) is 18.8 Å². The molecule has 1 aromatic heterocycles. The van der Waals surface area contributed by atoms with Crippen molar-refractivity contribution in [3.05, 3.63) is 12.3 Å². The smallest absolute Gasteiger partial charge is 0.312 e. The molecular formula is C14H24N6O2. The Bertz CT molecular complexity index is 509. The number of aromatic nitrogens is 2. The second kappa shape index (κ2) is 7.79. The summed E-state index contributed by atoms with van der Waals surface area (Å²) < 4.78 is 1.86. The number of amides is 3. The Morgan fingerprint density at radius 3 is 3.05 bits per heavy atom. The Kier molecular flexibility index (Phi) is 5.76. The second-order valence-electron chi connectivity index (χ2n) is 5.52. The summed E-state index contributed by atoms with van der Waals surface area (Å²) >= 11 is 0. The fourth-order valence-corrected chi connectivity index (χ4v) is 2.54. The normalized spacial score (nSPS) is 18.9. The molecule has 0 spiro atoms. The van der Waals surface area contributed by atoms with Gasteiger partial charge in [-0.3, -0.25) is 9.48 Å². The number of urea groups is 1. The molecule has 2 rings (SSSR count). The number of primary amides is 1. The van der Waals surface area contributed by atoms with Gasteiger partial charge in [0.1, 0.15) is 6.04 Å². The van der Waals surface area contributed by atoms with Gasteiger partial charge in [-0.2, -0.15) is 5.10 Å². The number of hydrogen-bond acceptors (Lipinski definition) is 4. The van der Waals surface area contributed by atoms with E-state index in [0.717, 1.165) is 32.4 Å². The summed E-state index contributed by atoms with van der Waals surface area (Å²) in [6.45, 7) is 3.89. The van der Waals surface area contributed by atoms with Crippen LogP contribution in [0.2, 0.25) is 0 Å². The first-order valence-corrected chi connectivity index (χ1v) is 7.73. The lowest BCUT2D eigenvalue weighted by Gasteiger charge is -2.16. The van der Waals surface area contributed by atoms with Crippen molar-refractivity contribution in [3.63, 3.8) is 0 Å². The first kappa shape index (κ1) is 16.3. The summed E-state index contributed by atoms with van der Waals surface area (Å²) in [6.07, 6.45) is 5.21. The highest BCUT2D eigenvalue weighted by molar-refractivity contribution is 5.96. The Morgan fingerprint density at radius 2 is 2.41 bits per heavy atom. The molecule has 0 bridgehead atoms. The third-order valence-electron chi connectivity index (χ3n) is 3.75. The fourth-order valence-electron chi connectivity index (χ4n) is 2.54. The number of carbonyl (C=O) groups excluding carboxylic acids is 2. The molecule has 22 heavy (non-hydrogen) atoms. The summed E-state index contributed by atoms with van der Waals surface area (Å²) in [7, 11) is 0. The number of nitrogens with one attached hydrogen (secondary N) is 3. The zero-order valence-corrected chi connectivity index (χ0v) is 12.8. The van der Waals surface area contributed by atoms with E-state index in [2.05, 4.69) is 21.0 Å². The largest absolute Gasteiger partial charge is 0.352 e. The van der Waals surface area contributed by atoms with Crippen LogP contribution in [0, 0.1) is 0 Å². The minimum Gasteiger partial charge on any atom is -0.352 e. The van der Waals surface area contributed by atoms with Gasteiger partial charge < -0.3 is 21.7 Å². The lowest BCUT2D eigenvalue weighted by molar-refractivity contribution is -0.118. The van der Waals surface area contributed by atoms with Gasteiger partial charge in [0.05, 0.1) is 6.04 Å². The molecular weight excluding hydrogens is 284 g/mol. The number of nitrogens with zero attached hydrogens (tertiary/aromatic N) is 2. The summed E-state index contributed by atoms with van der Waals surface area (Å²) in [6, 6.07) is 0.761. The van der Waals surface area contributed by atoms with Crippen molar-refractivity contribution >= 4 is 17.8 Å². The van der Waals surface area contributed by atoms with E-state index >= 15 is 0 Å². The molecule has 3 amide bonds. The lowest BCUT2D eigenvalue weighted by Crippen LogP contribution is -2.46. The molecule has 1 aliphatic heterocycles. The van der Waals surface area contributed by atoms with Crippen molar-refractivity contribution in [3.8, 4) is 0 Å². The maximum atomic E-state index is 12.2. The van der Waals surface area contributed by atoms with Crippen LogP contribution in [0.3, 0.4) is 0 Å². The number of unbranched alkanes of at least 4 members (excludes halogenated alkanes) is 1. The van der Waals surface area contributed by atoms with Crippen molar-refractivity contribution < 1.29 is 9.59 Å². The molecule has 1 saturated heterocycles. The van der Waals surface area contributed by atoms with Crippen LogP contribution in [0.4, 0.5) is 10.6 Å². The molecule has 0 radical (unpaired) electrons. The van der Waals surface area contributed by atoms with E-state index in [1.54, 1.807) is 6.07 Å². The van der Waals surface area contributed by atoms with Crippen molar-refractivity contribution in [1.29, 1.82) is 0 Å². The molecule has 1 fully saturated rings. The van der Waals surface area contributed by atoms with E-state index in [0.29, 0.717) is 18.3 Å². The standard InChI is InChI=1S/C14H24N6O2/c1-2-3-4-11(17-14(15)22)13(21)18-12-6-8-20(19-12)10-5-7-16-9-10/h6,8,10-11,16H,2-5,7,9H2,1H3,(H3,15,17,22)(H,18,19,21)/t10-,11+/m1/s1. The SMILES string of the molecule is CCCC[C@H](NC(N)=O)C(=O)Nc1ccn([C@@H]2CCNC2)n1. The van der Waals surface area contributed by atoms with Gasteiger partial charge in [-0.15, -0.1) is 0 Å². The van der Waals surface area contributed by atoms with Crippen molar-refractivity contribution in [2.24, 2.45) is 5.73 Å². The molecule has 0 aromatic carbocycles. The fraction of sp³-hybridized carbons (Fsp3) is 0.643. The maximum absolute atomic E-state index is 12.2. The quantitative estimate of drug-likeness (QED) is 0.590. The summed E-state index contributed by atoms with van der Waals surface area (Å²) in [5.41, 5.74) is 5.13. The van der Waals surface area contributed by atoms with Gasteiger partial charge >= 0.3 is 6.03 Å². The van der Waals surface area contributed by atoms with Gasteiger partial charge in [0.2, 0.25) is 5.91 Å². The minimum atomic E-state index is -0.696. The monoisotopic (exact) mass is 308 g/mol. The maximum Gasteiger partial charge on any atom is 0.312 e. The van der Waals surface area contributed by atoms with E-state index in [9.17, 15) is 9.59 Å². The van der Waals surface area contributed by atoms with Gasteiger partial charge in [-0.1, -0.05) is 19.8 Å². The van der Waals surface area contributed by atoms with Crippen LogP contribution in [-0.2, 0) is 4.79 Å². The molecule has 0 aliphatic carbocycles. The molecule has 0 unspecified atom stereocenters. The lowest BCUT2D eigenvalue weighted by atomic mass is 10.1. The zero-order chi connectivity index (χ0) is 15.9. The average molecular weight is 308 g/mol. The van der Waals surface area contributed by atoms with E-state index in [4.69, 9.17) is 5.73 Å². The minimum absolute atomic E-state index is 0.290. The van der Waals surface area contributed by atoms with E-state index < -0.39 is 12.1 Å². The topological polar surface area (TPSA) is 114 Å². The van der Waals surface area contributed by atoms with Crippen LogP contribution in [0.1, 0.15) is 38.6 Å².